The number of phenols is 1. The van der Waals surface area contributed by atoms with Gasteiger partial charge in [0.2, 0.25) is 0 Å². The highest BCUT2D eigenvalue weighted by molar-refractivity contribution is 9.10. The van der Waals surface area contributed by atoms with E-state index in [1.54, 1.807) is 6.07 Å². The predicted octanol–water partition coefficient (Wildman–Crippen LogP) is 4.73. The number of nitrogens with one attached hydrogen (secondary N) is 1. The van der Waals surface area contributed by atoms with E-state index in [0.29, 0.717) is 11.7 Å². The zero-order chi connectivity index (χ0) is 19.6. The molecule has 1 aliphatic heterocycles. The van der Waals surface area contributed by atoms with Gasteiger partial charge in [0.25, 0.3) is 0 Å². The SMILES string of the molecule is CCc1ccc(C2=CC(c3cc(Br)ccc3O)[NH2+]C(C)(CC(C)C)N2)cc1. The number of quaternary nitrogens is 1. The second-order valence-corrected chi connectivity index (χ2v) is 9.08. The molecule has 2 aromatic carbocycles. The van der Waals surface area contributed by atoms with Crippen molar-refractivity contribution in [2.75, 3.05) is 0 Å². The molecule has 27 heavy (non-hydrogen) atoms. The van der Waals surface area contributed by atoms with Crippen LogP contribution in [0.1, 0.15) is 56.8 Å². The Kier molecular flexibility index (Phi) is 5.97. The maximum absolute atomic E-state index is 10.5. The largest absolute Gasteiger partial charge is 0.507 e. The van der Waals surface area contributed by atoms with Gasteiger partial charge in [0.1, 0.15) is 11.8 Å². The summed E-state index contributed by atoms with van der Waals surface area (Å²) in [4.78, 5) is 0. The molecule has 0 bridgehead atoms. The van der Waals surface area contributed by atoms with Crippen molar-refractivity contribution in [2.45, 2.75) is 52.2 Å². The normalized spacial score (nSPS) is 22.4. The third kappa shape index (κ3) is 4.74. The highest BCUT2D eigenvalue weighted by atomic mass is 79.9. The van der Waals surface area contributed by atoms with Crippen molar-refractivity contribution in [3.05, 3.63) is 69.7 Å². The van der Waals surface area contributed by atoms with E-state index < -0.39 is 0 Å². The Bertz CT molecular complexity index is 829. The minimum absolute atomic E-state index is 0.0494. The van der Waals surface area contributed by atoms with Crippen LogP contribution in [0.4, 0.5) is 0 Å². The van der Waals surface area contributed by atoms with Gasteiger partial charge in [-0.1, -0.05) is 61.0 Å². The molecule has 2 aromatic rings. The first-order valence-corrected chi connectivity index (χ1v) is 10.5. The van der Waals surface area contributed by atoms with E-state index in [1.807, 2.05) is 12.1 Å². The minimum Gasteiger partial charge on any atom is -0.507 e. The molecule has 0 fully saturated rings. The van der Waals surface area contributed by atoms with Crippen molar-refractivity contribution in [1.82, 2.24) is 5.32 Å². The average Bonchev–Trinajstić information content (AvgIpc) is 2.62. The number of phenolic OH excluding ortho intramolecular Hbond substituents is 1. The van der Waals surface area contributed by atoms with Gasteiger partial charge < -0.3 is 15.7 Å². The van der Waals surface area contributed by atoms with Crippen LogP contribution < -0.4 is 10.6 Å². The van der Waals surface area contributed by atoms with Gasteiger partial charge in [-0.05, 0) is 41.7 Å². The lowest BCUT2D eigenvalue weighted by atomic mass is 9.91. The minimum atomic E-state index is -0.138. The number of hydrogen-bond donors (Lipinski definition) is 3. The molecule has 1 aliphatic rings. The van der Waals surface area contributed by atoms with E-state index in [-0.39, 0.29) is 11.7 Å². The van der Waals surface area contributed by atoms with Crippen molar-refractivity contribution in [1.29, 1.82) is 0 Å². The molecular formula is C23H30BrN2O+. The lowest BCUT2D eigenvalue weighted by Crippen LogP contribution is -3.01. The van der Waals surface area contributed by atoms with Crippen molar-refractivity contribution in [2.24, 2.45) is 5.92 Å². The van der Waals surface area contributed by atoms with Crippen LogP contribution >= 0.6 is 15.9 Å². The van der Waals surface area contributed by atoms with Crippen LogP contribution in [-0.2, 0) is 6.42 Å². The third-order valence-corrected chi connectivity index (χ3v) is 5.66. The molecule has 0 radical (unpaired) electrons. The van der Waals surface area contributed by atoms with E-state index in [9.17, 15) is 5.11 Å². The molecule has 1 heterocycles. The number of benzene rings is 2. The Morgan fingerprint density at radius 2 is 1.89 bits per heavy atom. The lowest BCUT2D eigenvalue weighted by molar-refractivity contribution is -0.759. The Morgan fingerprint density at radius 3 is 2.52 bits per heavy atom. The summed E-state index contributed by atoms with van der Waals surface area (Å²) < 4.78 is 0.982. The van der Waals surface area contributed by atoms with Crippen molar-refractivity contribution < 1.29 is 10.4 Å². The molecule has 3 nitrogen and oxygen atoms in total. The second kappa shape index (κ2) is 8.07. The smallest absolute Gasteiger partial charge is 0.167 e. The number of hydrogen-bond acceptors (Lipinski definition) is 2. The fourth-order valence-electron chi connectivity index (χ4n) is 4.04. The second-order valence-electron chi connectivity index (χ2n) is 8.17. The monoisotopic (exact) mass is 429 g/mol. The topological polar surface area (TPSA) is 48.9 Å². The summed E-state index contributed by atoms with van der Waals surface area (Å²) in [5.41, 5.74) is 4.46. The Hall–Kier alpha value is -1.78. The third-order valence-electron chi connectivity index (χ3n) is 5.17. The van der Waals surface area contributed by atoms with Gasteiger partial charge in [0.15, 0.2) is 5.66 Å². The van der Waals surface area contributed by atoms with E-state index in [1.165, 1.54) is 11.1 Å². The standard InChI is InChI=1S/C23H29BrN2O/c1-5-16-6-8-17(9-7-16)20-13-21(19-12-18(24)10-11-22(19)27)26-23(4,25-20)14-15(2)3/h6-13,15,21,25-27H,5,14H2,1-4H3/p+1. The van der Waals surface area contributed by atoms with Crippen LogP contribution in [0, 0.1) is 5.92 Å². The molecule has 4 heteroatoms. The molecule has 0 spiro atoms. The summed E-state index contributed by atoms with van der Waals surface area (Å²) >= 11 is 3.55. The highest BCUT2D eigenvalue weighted by Gasteiger charge is 2.37. The van der Waals surface area contributed by atoms with E-state index in [0.717, 1.165) is 28.6 Å². The zero-order valence-corrected chi connectivity index (χ0v) is 18.2. The van der Waals surface area contributed by atoms with E-state index in [2.05, 4.69) is 84.6 Å². The summed E-state index contributed by atoms with van der Waals surface area (Å²) in [7, 11) is 0. The number of aromatic hydroxyl groups is 1. The lowest BCUT2D eigenvalue weighted by Gasteiger charge is -2.39. The van der Waals surface area contributed by atoms with Gasteiger partial charge in [0, 0.05) is 29.6 Å². The average molecular weight is 430 g/mol. The van der Waals surface area contributed by atoms with Crippen molar-refractivity contribution in [3.8, 4) is 5.75 Å². The Labute approximate surface area is 171 Å². The van der Waals surface area contributed by atoms with Crippen LogP contribution in [0.5, 0.6) is 5.75 Å². The van der Waals surface area contributed by atoms with Crippen LogP contribution in [0.15, 0.2) is 53.0 Å². The fraction of sp³-hybridized carbons (Fsp3) is 0.391. The number of nitrogens with two attached hydrogens (primary N) is 1. The van der Waals surface area contributed by atoms with Gasteiger partial charge in [0.05, 0.1) is 5.56 Å². The molecule has 0 aromatic heterocycles. The molecule has 2 unspecified atom stereocenters. The fourth-order valence-corrected chi connectivity index (χ4v) is 4.42. The molecule has 3 rings (SSSR count). The first-order valence-electron chi connectivity index (χ1n) is 9.73. The predicted molar refractivity (Wildman–Crippen MR) is 115 cm³/mol. The summed E-state index contributed by atoms with van der Waals surface area (Å²) in [5, 5.41) is 16.6. The van der Waals surface area contributed by atoms with Crippen LogP contribution in [0.25, 0.3) is 5.70 Å². The first-order chi connectivity index (χ1) is 12.8. The zero-order valence-electron chi connectivity index (χ0n) is 16.6. The summed E-state index contributed by atoms with van der Waals surface area (Å²) in [6.45, 7) is 8.93. The van der Waals surface area contributed by atoms with Gasteiger partial charge >= 0.3 is 0 Å². The number of aryl methyl sites for hydroxylation is 1. The Balaban J connectivity index is 2.03. The highest BCUT2D eigenvalue weighted by Crippen LogP contribution is 2.31. The molecule has 0 saturated carbocycles. The Morgan fingerprint density at radius 1 is 1.19 bits per heavy atom. The first kappa shape index (κ1) is 20.0. The number of halogens is 1. The maximum atomic E-state index is 10.5. The quantitative estimate of drug-likeness (QED) is 0.643. The number of rotatable bonds is 5. The summed E-state index contributed by atoms with van der Waals surface area (Å²) in [6.07, 6.45) is 4.30. The van der Waals surface area contributed by atoms with E-state index >= 15 is 0 Å². The van der Waals surface area contributed by atoms with Crippen molar-refractivity contribution in [3.63, 3.8) is 0 Å². The summed E-state index contributed by atoms with van der Waals surface area (Å²) in [6, 6.07) is 14.5. The van der Waals surface area contributed by atoms with E-state index in [4.69, 9.17) is 0 Å². The molecule has 0 saturated heterocycles. The van der Waals surface area contributed by atoms with Gasteiger partial charge in [-0.15, -0.1) is 0 Å². The molecule has 0 aliphatic carbocycles. The van der Waals surface area contributed by atoms with Gasteiger partial charge in [-0.2, -0.15) is 0 Å². The van der Waals surface area contributed by atoms with Gasteiger partial charge in [-0.25, -0.2) is 0 Å². The molecule has 0 amide bonds. The van der Waals surface area contributed by atoms with Crippen LogP contribution in [-0.4, -0.2) is 10.8 Å². The van der Waals surface area contributed by atoms with Crippen molar-refractivity contribution >= 4 is 21.6 Å². The molecule has 2 atom stereocenters. The summed E-state index contributed by atoms with van der Waals surface area (Å²) in [5.74, 6) is 0.905. The molecule has 144 valence electrons. The maximum Gasteiger partial charge on any atom is 0.167 e. The molecular weight excluding hydrogens is 400 g/mol. The van der Waals surface area contributed by atoms with Crippen LogP contribution in [0.3, 0.4) is 0 Å². The van der Waals surface area contributed by atoms with Gasteiger partial charge in [-0.3, -0.25) is 0 Å². The van der Waals surface area contributed by atoms with Crippen LogP contribution in [0.2, 0.25) is 0 Å². The molecule has 4 N–H and O–H groups in total.